The van der Waals surface area contributed by atoms with Crippen molar-refractivity contribution in [2.75, 3.05) is 5.75 Å². The van der Waals surface area contributed by atoms with Crippen molar-refractivity contribution in [3.63, 3.8) is 0 Å². The third-order valence-corrected chi connectivity index (χ3v) is 4.24. The predicted octanol–water partition coefficient (Wildman–Crippen LogP) is 2.35. The Labute approximate surface area is 132 Å². The normalized spacial score (nSPS) is 14.5. The number of rotatable bonds is 5. The fourth-order valence-electron chi connectivity index (χ4n) is 2.04. The second-order valence-electron chi connectivity index (χ2n) is 4.85. The summed E-state index contributed by atoms with van der Waals surface area (Å²) < 4.78 is 100. The number of hydrogen-bond donors (Lipinski definition) is 2. The Balaban J connectivity index is 3.32. The van der Waals surface area contributed by atoms with Crippen molar-refractivity contribution in [1.29, 1.82) is 0 Å². The number of nitrogens with two attached hydrogens (primary N) is 1. The molecule has 24 heavy (non-hydrogen) atoms. The van der Waals surface area contributed by atoms with Gasteiger partial charge < -0.3 is 5.73 Å². The van der Waals surface area contributed by atoms with Crippen molar-refractivity contribution < 1.29 is 39.6 Å². The van der Waals surface area contributed by atoms with Gasteiger partial charge in [-0.05, 0) is 18.6 Å². The molecule has 0 heterocycles. The van der Waals surface area contributed by atoms with Crippen LogP contribution >= 0.6 is 0 Å². The topological polar surface area (TPSA) is 89.3 Å². The van der Waals surface area contributed by atoms with Crippen LogP contribution in [-0.4, -0.2) is 26.3 Å². The lowest BCUT2D eigenvalue weighted by molar-refractivity contribution is -0.138. The van der Waals surface area contributed by atoms with Crippen LogP contribution in [0.25, 0.3) is 0 Å². The Morgan fingerprint density at radius 2 is 1.75 bits per heavy atom. The van der Waals surface area contributed by atoms with E-state index in [1.165, 1.54) is 4.72 Å². The molecule has 136 valence electrons. The molecular formula is C12H12F6N2O3S. The maximum Gasteiger partial charge on any atom is 0.417 e. The number of benzene rings is 1. The molecule has 12 heteroatoms. The molecule has 0 saturated heterocycles. The van der Waals surface area contributed by atoms with Gasteiger partial charge in [-0.25, -0.2) is 13.1 Å². The molecule has 1 rings (SSSR count). The monoisotopic (exact) mass is 378 g/mol. The molecule has 0 aliphatic heterocycles. The summed E-state index contributed by atoms with van der Waals surface area (Å²) in [6, 6.07) is 0.967. The molecule has 0 saturated carbocycles. The molecule has 0 bridgehead atoms. The standard InChI is InChI=1S/C12H12F6N2O3S/c1-6(20-24(22,23)5-11(13,14)15)7-3-2-4-8(10(19)21)9(7)12(16,17)18/h2-4,6,20H,5H2,1H3,(H2,19,21)/t6-/m0/s1. The molecular weight excluding hydrogens is 366 g/mol. The number of sulfonamides is 1. The van der Waals surface area contributed by atoms with E-state index in [0.717, 1.165) is 25.1 Å². The van der Waals surface area contributed by atoms with Crippen LogP contribution in [0.1, 0.15) is 34.5 Å². The summed E-state index contributed by atoms with van der Waals surface area (Å²) in [5.74, 6) is -3.66. The molecule has 0 fully saturated rings. The van der Waals surface area contributed by atoms with Crippen LogP contribution in [0.5, 0.6) is 0 Å². The van der Waals surface area contributed by atoms with Crippen molar-refractivity contribution in [3.05, 3.63) is 34.9 Å². The van der Waals surface area contributed by atoms with Gasteiger partial charge in [-0.1, -0.05) is 12.1 Å². The highest BCUT2D eigenvalue weighted by Crippen LogP contribution is 2.37. The first-order chi connectivity index (χ1) is 10.6. The van der Waals surface area contributed by atoms with Gasteiger partial charge in [0.25, 0.3) is 0 Å². The highest BCUT2D eigenvalue weighted by atomic mass is 32.2. The largest absolute Gasteiger partial charge is 0.417 e. The number of halogens is 6. The Kier molecular flexibility index (Phi) is 5.55. The van der Waals surface area contributed by atoms with E-state index in [9.17, 15) is 39.6 Å². The molecule has 3 N–H and O–H groups in total. The Bertz CT molecular complexity index is 727. The number of primary amides is 1. The number of carbonyl (C=O) groups is 1. The summed E-state index contributed by atoms with van der Waals surface area (Å²) in [6.07, 6.45) is -10.1. The molecule has 1 aromatic carbocycles. The van der Waals surface area contributed by atoms with E-state index in [1.807, 2.05) is 0 Å². The predicted molar refractivity (Wildman–Crippen MR) is 71.4 cm³/mol. The van der Waals surface area contributed by atoms with Gasteiger partial charge in [0.2, 0.25) is 15.9 Å². The molecule has 5 nitrogen and oxygen atoms in total. The maximum absolute atomic E-state index is 13.2. The second kappa shape index (κ2) is 6.59. The molecule has 0 radical (unpaired) electrons. The third kappa shape index (κ3) is 5.37. The minimum Gasteiger partial charge on any atom is -0.366 e. The van der Waals surface area contributed by atoms with Crippen LogP contribution in [0.2, 0.25) is 0 Å². The first-order valence-electron chi connectivity index (χ1n) is 6.21. The first kappa shape index (κ1) is 20.2. The number of hydrogen-bond acceptors (Lipinski definition) is 3. The fourth-order valence-corrected chi connectivity index (χ4v) is 3.22. The Morgan fingerprint density at radius 3 is 2.17 bits per heavy atom. The van der Waals surface area contributed by atoms with Crippen molar-refractivity contribution >= 4 is 15.9 Å². The highest BCUT2D eigenvalue weighted by molar-refractivity contribution is 7.89. The zero-order chi connectivity index (χ0) is 18.9. The molecule has 0 aliphatic carbocycles. The van der Waals surface area contributed by atoms with Crippen LogP contribution in [0.4, 0.5) is 26.3 Å². The number of amides is 1. The van der Waals surface area contributed by atoms with Gasteiger partial charge in [0.15, 0.2) is 5.75 Å². The minimum atomic E-state index is -5.06. The average molecular weight is 378 g/mol. The van der Waals surface area contributed by atoms with Crippen molar-refractivity contribution in [1.82, 2.24) is 4.72 Å². The smallest absolute Gasteiger partial charge is 0.366 e. The van der Waals surface area contributed by atoms with Gasteiger partial charge in [-0.3, -0.25) is 4.79 Å². The molecule has 1 atom stereocenters. The average Bonchev–Trinajstić information content (AvgIpc) is 2.32. The number of nitrogens with one attached hydrogen (secondary N) is 1. The Hall–Kier alpha value is -1.82. The molecule has 1 aromatic rings. The van der Waals surface area contributed by atoms with Crippen molar-refractivity contribution in [2.24, 2.45) is 5.73 Å². The highest BCUT2D eigenvalue weighted by Gasteiger charge is 2.40. The summed E-state index contributed by atoms with van der Waals surface area (Å²) in [4.78, 5) is 11.2. The van der Waals surface area contributed by atoms with Gasteiger partial charge in [0.05, 0.1) is 11.1 Å². The Morgan fingerprint density at radius 1 is 1.21 bits per heavy atom. The molecule has 0 unspecified atom stereocenters. The van der Waals surface area contributed by atoms with Crippen molar-refractivity contribution in [2.45, 2.75) is 25.3 Å². The van der Waals surface area contributed by atoms with E-state index in [-0.39, 0.29) is 0 Å². The second-order valence-corrected chi connectivity index (χ2v) is 6.60. The van der Waals surface area contributed by atoms with Gasteiger partial charge in [-0.2, -0.15) is 26.3 Å². The van der Waals surface area contributed by atoms with E-state index in [1.54, 1.807) is 0 Å². The zero-order valence-electron chi connectivity index (χ0n) is 12.0. The minimum absolute atomic E-state index is 0.718. The summed E-state index contributed by atoms with van der Waals surface area (Å²) in [6.45, 7) is 0.920. The SMILES string of the molecule is C[C@H](NS(=O)(=O)CC(F)(F)F)c1cccc(C(N)=O)c1C(F)(F)F. The van der Waals surface area contributed by atoms with Crippen molar-refractivity contribution in [3.8, 4) is 0 Å². The molecule has 0 aliphatic rings. The fraction of sp³-hybridized carbons (Fsp3) is 0.417. The summed E-state index contributed by atoms with van der Waals surface area (Å²) >= 11 is 0. The third-order valence-electron chi connectivity index (χ3n) is 2.82. The van der Waals surface area contributed by atoms with Gasteiger partial charge in [-0.15, -0.1) is 0 Å². The van der Waals surface area contributed by atoms with Crippen LogP contribution in [-0.2, 0) is 16.2 Å². The van der Waals surface area contributed by atoms with Gasteiger partial charge >= 0.3 is 12.4 Å². The number of alkyl halides is 6. The lowest BCUT2D eigenvalue weighted by Gasteiger charge is -2.21. The van der Waals surface area contributed by atoms with E-state index in [0.29, 0.717) is 0 Å². The quantitative estimate of drug-likeness (QED) is 0.771. The lowest BCUT2D eigenvalue weighted by atomic mass is 9.96. The molecule has 0 spiro atoms. The summed E-state index contributed by atoms with van der Waals surface area (Å²) in [5.41, 5.74) is 1.73. The maximum atomic E-state index is 13.2. The molecule has 0 aromatic heterocycles. The zero-order valence-corrected chi connectivity index (χ0v) is 12.8. The van der Waals surface area contributed by atoms with E-state index < -0.39 is 56.8 Å². The lowest BCUT2D eigenvalue weighted by Crippen LogP contribution is -2.36. The number of carbonyl (C=O) groups excluding carboxylic acids is 1. The van der Waals surface area contributed by atoms with E-state index in [2.05, 4.69) is 0 Å². The summed E-state index contributed by atoms with van der Waals surface area (Å²) in [5, 5.41) is 0. The van der Waals surface area contributed by atoms with Crippen LogP contribution in [0.3, 0.4) is 0 Å². The van der Waals surface area contributed by atoms with Crippen LogP contribution in [0.15, 0.2) is 18.2 Å². The van der Waals surface area contributed by atoms with Gasteiger partial charge in [0.1, 0.15) is 0 Å². The first-order valence-corrected chi connectivity index (χ1v) is 7.86. The van der Waals surface area contributed by atoms with E-state index in [4.69, 9.17) is 5.73 Å². The van der Waals surface area contributed by atoms with E-state index >= 15 is 0 Å². The van der Waals surface area contributed by atoms with Crippen LogP contribution < -0.4 is 10.5 Å². The van der Waals surface area contributed by atoms with Crippen LogP contribution in [0, 0.1) is 0 Å². The van der Waals surface area contributed by atoms with Gasteiger partial charge in [0, 0.05) is 6.04 Å². The molecule has 1 amide bonds. The summed E-state index contributed by atoms with van der Waals surface area (Å²) in [7, 11) is -4.94.